The van der Waals surface area contributed by atoms with Crippen LogP contribution in [0.4, 0.5) is 0 Å². The molecule has 0 aromatic rings. The number of nitrogens with zero attached hydrogens (tertiary/aromatic N) is 1. The second kappa shape index (κ2) is 3.21. The Kier molecular flexibility index (Phi) is 2.28. The van der Waals surface area contributed by atoms with E-state index < -0.39 is 0 Å². The monoisotopic (exact) mass is 152 g/mol. The number of hydrogen-bond acceptors (Lipinski definition) is 4. The van der Waals surface area contributed by atoms with Crippen molar-refractivity contribution in [2.45, 2.75) is 13.1 Å². The van der Waals surface area contributed by atoms with Crippen LogP contribution in [0.5, 0.6) is 0 Å². The van der Waals surface area contributed by atoms with Crippen molar-refractivity contribution in [3.05, 3.63) is 24.2 Å². The summed E-state index contributed by atoms with van der Waals surface area (Å²) in [5.74, 6) is 0.863. The van der Waals surface area contributed by atoms with Gasteiger partial charge in [0.25, 0.3) is 0 Å². The Morgan fingerprint density at radius 2 is 2.64 bits per heavy atom. The van der Waals surface area contributed by atoms with Crippen molar-refractivity contribution in [2.75, 3.05) is 0 Å². The molecule has 0 fully saturated rings. The molecule has 4 N–H and O–H groups in total. The van der Waals surface area contributed by atoms with Gasteiger partial charge in [-0.1, -0.05) is 6.58 Å². The molecule has 0 bridgehead atoms. The maximum atomic E-state index is 5.63. The smallest absolute Gasteiger partial charge is 0.124 e. The highest BCUT2D eigenvalue weighted by Gasteiger charge is 2.10. The van der Waals surface area contributed by atoms with Gasteiger partial charge in [0.2, 0.25) is 0 Å². The van der Waals surface area contributed by atoms with E-state index >= 15 is 0 Å². The molecule has 1 unspecified atom stereocenters. The van der Waals surface area contributed by atoms with E-state index in [2.05, 4.69) is 22.2 Å². The van der Waals surface area contributed by atoms with Crippen molar-refractivity contribution in [1.29, 1.82) is 0 Å². The topological polar surface area (TPSA) is 62.4 Å². The van der Waals surface area contributed by atoms with Crippen LogP contribution in [0.1, 0.15) is 6.92 Å². The Balaban J connectivity index is 2.74. The zero-order valence-electron chi connectivity index (χ0n) is 6.46. The minimum Gasteiger partial charge on any atom is -0.349 e. The van der Waals surface area contributed by atoms with E-state index in [1.807, 2.05) is 6.92 Å². The number of hydrogen-bond donors (Lipinski definition) is 3. The third-order valence-electron chi connectivity index (χ3n) is 1.53. The second-order valence-corrected chi connectivity index (χ2v) is 2.27. The lowest BCUT2D eigenvalue weighted by molar-refractivity contribution is 0.744. The lowest BCUT2D eigenvalue weighted by Crippen LogP contribution is -2.34. The highest BCUT2D eigenvalue weighted by atomic mass is 15.1. The van der Waals surface area contributed by atoms with Crippen molar-refractivity contribution >= 4 is 6.34 Å². The SMILES string of the molecule is C=CNC1=C(C)C(N)N=CN1. The predicted molar refractivity (Wildman–Crippen MR) is 45.6 cm³/mol. The molecule has 0 aromatic heterocycles. The zero-order valence-corrected chi connectivity index (χ0v) is 6.46. The summed E-state index contributed by atoms with van der Waals surface area (Å²) in [6.07, 6.45) is 2.93. The van der Waals surface area contributed by atoms with Gasteiger partial charge < -0.3 is 16.4 Å². The summed E-state index contributed by atoms with van der Waals surface area (Å²) in [6.45, 7) is 5.46. The zero-order chi connectivity index (χ0) is 8.27. The molecule has 1 heterocycles. The third kappa shape index (κ3) is 1.59. The quantitative estimate of drug-likeness (QED) is 0.516. The van der Waals surface area contributed by atoms with Crippen LogP contribution in [0.2, 0.25) is 0 Å². The first-order chi connectivity index (χ1) is 5.25. The molecule has 1 rings (SSSR count). The van der Waals surface area contributed by atoms with Gasteiger partial charge in [-0.2, -0.15) is 0 Å². The van der Waals surface area contributed by atoms with E-state index in [1.54, 1.807) is 12.5 Å². The van der Waals surface area contributed by atoms with Crippen LogP contribution in [0.3, 0.4) is 0 Å². The Hall–Kier alpha value is -1.29. The number of nitrogens with one attached hydrogen (secondary N) is 2. The Morgan fingerprint density at radius 3 is 3.27 bits per heavy atom. The van der Waals surface area contributed by atoms with Gasteiger partial charge >= 0.3 is 0 Å². The number of rotatable bonds is 2. The molecular formula is C7H12N4. The largest absolute Gasteiger partial charge is 0.349 e. The van der Waals surface area contributed by atoms with Gasteiger partial charge in [-0.15, -0.1) is 0 Å². The van der Waals surface area contributed by atoms with Crippen LogP contribution < -0.4 is 16.4 Å². The highest BCUT2D eigenvalue weighted by molar-refractivity contribution is 5.60. The van der Waals surface area contributed by atoms with Crippen LogP contribution in [0.15, 0.2) is 29.2 Å². The van der Waals surface area contributed by atoms with E-state index in [4.69, 9.17) is 5.73 Å². The Morgan fingerprint density at radius 1 is 1.91 bits per heavy atom. The maximum absolute atomic E-state index is 5.63. The van der Waals surface area contributed by atoms with Crippen molar-refractivity contribution in [3.63, 3.8) is 0 Å². The van der Waals surface area contributed by atoms with Crippen LogP contribution >= 0.6 is 0 Å². The molecule has 1 atom stereocenters. The van der Waals surface area contributed by atoms with E-state index in [0.29, 0.717) is 0 Å². The first-order valence-electron chi connectivity index (χ1n) is 3.37. The summed E-state index contributed by atoms with van der Waals surface area (Å²) in [5, 5.41) is 5.85. The van der Waals surface area contributed by atoms with Crippen molar-refractivity contribution in [2.24, 2.45) is 10.7 Å². The van der Waals surface area contributed by atoms with E-state index in [9.17, 15) is 0 Å². The van der Waals surface area contributed by atoms with Gasteiger partial charge in [0, 0.05) is 5.57 Å². The standard InChI is InChI=1S/C7H12N4/c1-3-9-7-5(2)6(8)10-4-11-7/h3-4,6,9H,1,8H2,2H3,(H,10,11). The predicted octanol–water partition coefficient (Wildman–Crippen LogP) is -0.133. The highest BCUT2D eigenvalue weighted by Crippen LogP contribution is 2.05. The lowest BCUT2D eigenvalue weighted by atomic mass is 10.2. The summed E-state index contributed by atoms with van der Waals surface area (Å²) in [5.41, 5.74) is 6.61. The fourth-order valence-corrected chi connectivity index (χ4v) is 0.813. The molecule has 0 radical (unpaired) electrons. The summed E-state index contributed by atoms with van der Waals surface area (Å²) < 4.78 is 0. The Bertz CT molecular complexity index is 212. The minimum absolute atomic E-state index is 0.237. The number of aliphatic imine (C=N–C) groups is 1. The van der Waals surface area contributed by atoms with Crippen LogP contribution in [0, 0.1) is 0 Å². The normalized spacial score (nSPS) is 22.9. The van der Waals surface area contributed by atoms with Gasteiger partial charge in [0.05, 0.1) is 6.34 Å². The molecule has 1 aliphatic heterocycles. The molecule has 0 saturated carbocycles. The summed E-state index contributed by atoms with van der Waals surface area (Å²) in [6, 6.07) is 0. The van der Waals surface area contributed by atoms with E-state index in [-0.39, 0.29) is 6.17 Å². The van der Waals surface area contributed by atoms with Gasteiger partial charge in [-0.05, 0) is 13.1 Å². The molecule has 4 nitrogen and oxygen atoms in total. The third-order valence-corrected chi connectivity index (χ3v) is 1.53. The van der Waals surface area contributed by atoms with Gasteiger partial charge in [0.15, 0.2) is 0 Å². The van der Waals surface area contributed by atoms with Gasteiger partial charge in [-0.25, -0.2) is 0 Å². The fraction of sp³-hybridized carbons (Fsp3) is 0.286. The molecule has 11 heavy (non-hydrogen) atoms. The molecule has 0 spiro atoms. The van der Waals surface area contributed by atoms with E-state index in [0.717, 1.165) is 11.4 Å². The first-order valence-corrected chi connectivity index (χ1v) is 3.37. The summed E-state index contributed by atoms with van der Waals surface area (Å²) in [4.78, 5) is 3.95. The average Bonchev–Trinajstić information content (AvgIpc) is 1.99. The van der Waals surface area contributed by atoms with Crippen LogP contribution in [0.25, 0.3) is 0 Å². The van der Waals surface area contributed by atoms with Crippen LogP contribution in [-0.2, 0) is 0 Å². The molecule has 0 aliphatic carbocycles. The first kappa shape index (κ1) is 7.81. The van der Waals surface area contributed by atoms with Gasteiger partial charge in [0.1, 0.15) is 12.0 Å². The molecule has 4 heteroatoms. The molecule has 0 aromatic carbocycles. The lowest BCUT2D eigenvalue weighted by Gasteiger charge is -2.18. The average molecular weight is 152 g/mol. The summed E-state index contributed by atoms with van der Waals surface area (Å²) >= 11 is 0. The minimum atomic E-state index is -0.237. The molecule has 60 valence electrons. The molecule has 0 amide bonds. The summed E-state index contributed by atoms with van der Waals surface area (Å²) in [7, 11) is 0. The fourth-order valence-electron chi connectivity index (χ4n) is 0.813. The second-order valence-electron chi connectivity index (χ2n) is 2.27. The van der Waals surface area contributed by atoms with E-state index in [1.165, 1.54) is 0 Å². The number of nitrogens with two attached hydrogens (primary N) is 1. The molecular weight excluding hydrogens is 140 g/mol. The molecule has 0 saturated heterocycles. The Labute approximate surface area is 65.9 Å². The van der Waals surface area contributed by atoms with Crippen molar-refractivity contribution in [1.82, 2.24) is 10.6 Å². The van der Waals surface area contributed by atoms with Gasteiger partial charge in [-0.3, -0.25) is 4.99 Å². The van der Waals surface area contributed by atoms with Crippen molar-refractivity contribution in [3.8, 4) is 0 Å². The maximum Gasteiger partial charge on any atom is 0.124 e. The van der Waals surface area contributed by atoms with Crippen molar-refractivity contribution < 1.29 is 0 Å². The molecule has 1 aliphatic rings. The van der Waals surface area contributed by atoms with Crippen LogP contribution in [-0.4, -0.2) is 12.5 Å².